The lowest BCUT2D eigenvalue weighted by Crippen LogP contribution is -2.29. The van der Waals surface area contributed by atoms with E-state index in [9.17, 15) is 9.90 Å². The van der Waals surface area contributed by atoms with Crippen LogP contribution in [-0.4, -0.2) is 46.8 Å². The van der Waals surface area contributed by atoms with Crippen molar-refractivity contribution >= 4 is 28.4 Å². The van der Waals surface area contributed by atoms with Crippen LogP contribution in [0.25, 0.3) is 10.8 Å². The number of ether oxygens (including phenoxy) is 1. The van der Waals surface area contributed by atoms with Gasteiger partial charge in [0.05, 0.1) is 18.3 Å². The van der Waals surface area contributed by atoms with Gasteiger partial charge in [-0.2, -0.15) is 0 Å². The molecule has 176 valence electrons. The van der Waals surface area contributed by atoms with Crippen molar-refractivity contribution < 1.29 is 14.6 Å². The lowest BCUT2D eigenvalue weighted by atomic mass is 9.91. The first-order valence-electron chi connectivity index (χ1n) is 11.5. The Morgan fingerprint density at radius 3 is 2.53 bits per heavy atom. The predicted molar refractivity (Wildman–Crippen MR) is 134 cm³/mol. The highest BCUT2D eigenvalue weighted by Crippen LogP contribution is 2.27. The van der Waals surface area contributed by atoms with Gasteiger partial charge in [0.2, 0.25) is 0 Å². The topological polar surface area (TPSA) is 123 Å². The zero-order valence-corrected chi connectivity index (χ0v) is 19.3. The zero-order valence-electron chi connectivity index (χ0n) is 19.3. The van der Waals surface area contributed by atoms with Crippen molar-refractivity contribution in [1.29, 1.82) is 10.8 Å². The molecule has 2 atom stereocenters. The molecule has 0 bridgehead atoms. The third kappa shape index (κ3) is 5.20. The first-order chi connectivity index (χ1) is 16.3. The molecule has 1 aliphatic rings. The van der Waals surface area contributed by atoms with Gasteiger partial charge in [-0.25, -0.2) is 0 Å². The molecule has 0 radical (unpaired) electrons. The maximum atomic E-state index is 12.1. The number of rotatable bonds is 8. The van der Waals surface area contributed by atoms with E-state index in [1.54, 1.807) is 0 Å². The standard InChI is InChI=1S/C27H30N4O3/c1-2-25(28)31-12-11-23(16-31)34-22-9-7-19(8-10-22)24(27(32)33)14-17-3-4-18-5-6-20(26(29)30)15-21(18)13-17/h3-10,13,15,23-24,28H,2,11-12,14,16H2,1H3,(H3,29,30)(H,32,33)/t23-,24?/m0/s1. The van der Waals surface area contributed by atoms with Gasteiger partial charge in [-0.3, -0.25) is 15.6 Å². The Labute approximate surface area is 199 Å². The first kappa shape index (κ1) is 23.3. The summed E-state index contributed by atoms with van der Waals surface area (Å²) in [6.45, 7) is 3.52. The van der Waals surface area contributed by atoms with Gasteiger partial charge < -0.3 is 20.5 Å². The molecule has 1 heterocycles. The molecule has 0 saturated carbocycles. The summed E-state index contributed by atoms with van der Waals surface area (Å²) >= 11 is 0. The largest absolute Gasteiger partial charge is 0.489 e. The number of fused-ring (bicyclic) bond motifs is 1. The average molecular weight is 459 g/mol. The van der Waals surface area contributed by atoms with E-state index in [1.807, 2.05) is 72.5 Å². The second kappa shape index (κ2) is 9.95. The van der Waals surface area contributed by atoms with Gasteiger partial charge in [-0.1, -0.05) is 49.4 Å². The van der Waals surface area contributed by atoms with Crippen molar-refractivity contribution in [2.24, 2.45) is 5.73 Å². The zero-order chi connectivity index (χ0) is 24.2. The molecule has 7 nitrogen and oxygen atoms in total. The molecule has 0 amide bonds. The van der Waals surface area contributed by atoms with E-state index in [-0.39, 0.29) is 11.9 Å². The number of carbonyl (C=O) groups is 1. The highest BCUT2D eigenvalue weighted by molar-refractivity contribution is 5.99. The number of nitrogens with two attached hydrogens (primary N) is 1. The minimum Gasteiger partial charge on any atom is -0.489 e. The van der Waals surface area contributed by atoms with Gasteiger partial charge in [-0.15, -0.1) is 0 Å². The number of nitrogen functional groups attached to an aromatic ring is 1. The third-order valence-electron chi connectivity index (χ3n) is 6.40. The Morgan fingerprint density at radius 1 is 1.12 bits per heavy atom. The molecule has 1 saturated heterocycles. The van der Waals surface area contributed by atoms with Crippen LogP contribution in [0.2, 0.25) is 0 Å². The van der Waals surface area contributed by atoms with Crippen LogP contribution in [-0.2, 0) is 11.2 Å². The van der Waals surface area contributed by atoms with Gasteiger partial charge in [0.15, 0.2) is 0 Å². The summed E-state index contributed by atoms with van der Waals surface area (Å²) < 4.78 is 6.08. The fourth-order valence-electron chi connectivity index (χ4n) is 4.44. The monoisotopic (exact) mass is 458 g/mol. The molecule has 3 aromatic rings. The second-order valence-electron chi connectivity index (χ2n) is 8.75. The van der Waals surface area contributed by atoms with Crippen molar-refractivity contribution in [2.45, 2.75) is 38.2 Å². The molecule has 0 spiro atoms. The van der Waals surface area contributed by atoms with Crippen LogP contribution >= 0.6 is 0 Å². The summed E-state index contributed by atoms with van der Waals surface area (Å²) in [4.78, 5) is 14.1. The summed E-state index contributed by atoms with van der Waals surface area (Å²) in [6, 6.07) is 18.8. The van der Waals surface area contributed by atoms with E-state index < -0.39 is 11.9 Å². The third-order valence-corrected chi connectivity index (χ3v) is 6.40. The van der Waals surface area contributed by atoms with Crippen LogP contribution in [0.3, 0.4) is 0 Å². The van der Waals surface area contributed by atoms with Crippen molar-refractivity contribution in [2.75, 3.05) is 13.1 Å². The number of amidine groups is 2. The van der Waals surface area contributed by atoms with Crippen LogP contribution in [0, 0.1) is 10.8 Å². The molecule has 4 rings (SSSR count). The Morgan fingerprint density at radius 2 is 1.85 bits per heavy atom. The first-order valence-corrected chi connectivity index (χ1v) is 11.5. The molecule has 5 N–H and O–H groups in total. The van der Waals surface area contributed by atoms with E-state index in [2.05, 4.69) is 0 Å². The molecule has 0 aliphatic carbocycles. The number of hydrogen-bond donors (Lipinski definition) is 4. The number of nitrogens with zero attached hydrogens (tertiary/aromatic N) is 1. The maximum absolute atomic E-state index is 12.1. The van der Waals surface area contributed by atoms with Gasteiger partial charge in [0, 0.05) is 24.9 Å². The Balaban J connectivity index is 1.47. The van der Waals surface area contributed by atoms with E-state index in [1.165, 1.54) is 0 Å². The van der Waals surface area contributed by atoms with Gasteiger partial charge in [-0.05, 0) is 46.5 Å². The number of benzene rings is 3. The van der Waals surface area contributed by atoms with Gasteiger partial charge in [0.25, 0.3) is 0 Å². The Bertz CT molecular complexity index is 1220. The highest BCUT2D eigenvalue weighted by Gasteiger charge is 2.25. The minimum atomic E-state index is -0.879. The van der Waals surface area contributed by atoms with Crippen molar-refractivity contribution in [3.63, 3.8) is 0 Å². The van der Waals surface area contributed by atoms with E-state index in [0.29, 0.717) is 36.5 Å². The maximum Gasteiger partial charge on any atom is 0.311 e. The van der Waals surface area contributed by atoms with Crippen LogP contribution in [0.15, 0.2) is 60.7 Å². The fourth-order valence-corrected chi connectivity index (χ4v) is 4.44. The summed E-state index contributed by atoms with van der Waals surface area (Å²) in [6.07, 6.45) is 1.97. The predicted octanol–water partition coefficient (Wildman–Crippen LogP) is 4.38. The Kier molecular flexibility index (Phi) is 6.82. The lowest BCUT2D eigenvalue weighted by Gasteiger charge is -2.19. The Hall–Kier alpha value is -3.87. The van der Waals surface area contributed by atoms with E-state index >= 15 is 0 Å². The molecular formula is C27H30N4O3. The number of carboxylic acids is 1. The smallest absolute Gasteiger partial charge is 0.311 e. The number of likely N-dealkylation sites (tertiary alicyclic amines) is 1. The second-order valence-corrected chi connectivity index (χ2v) is 8.75. The quantitative estimate of drug-likeness (QED) is 0.295. The average Bonchev–Trinajstić information content (AvgIpc) is 3.30. The van der Waals surface area contributed by atoms with Crippen LogP contribution < -0.4 is 10.5 Å². The van der Waals surface area contributed by atoms with Gasteiger partial charge >= 0.3 is 5.97 Å². The summed E-state index contributed by atoms with van der Waals surface area (Å²) in [5.41, 5.74) is 7.89. The lowest BCUT2D eigenvalue weighted by molar-refractivity contribution is -0.138. The molecule has 1 unspecified atom stereocenters. The normalized spacial score (nSPS) is 16.4. The number of carboxylic acid groups (broad SMARTS) is 1. The van der Waals surface area contributed by atoms with E-state index in [0.717, 1.165) is 34.9 Å². The minimum absolute atomic E-state index is 0.00645. The van der Waals surface area contributed by atoms with Crippen molar-refractivity contribution in [3.05, 3.63) is 77.4 Å². The van der Waals surface area contributed by atoms with Crippen LogP contribution in [0.5, 0.6) is 5.75 Å². The van der Waals surface area contributed by atoms with Crippen molar-refractivity contribution in [1.82, 2.24) is 4.90 Å². The molecule has 3 aromatic carbocycles. The van der Waals surface area contributed by atoms with Gasteiger partial charge in [0.1, 0.15) is 17.7 Å². The van der Waals surface area contributed by atoms with Crippen molar-refractivity contribution in [3.8, 4) is 5.75 Å². The highest BCUT2D eigenvalue weighted by atomic mass is 16.5. The number of hydrogen-bond acceptors (Lipinski definition) is 4. The summed E-state index contributed by atoms with van der Waals surface area (Å²) in [5, 5.41) is 27.5. The summed E-state index contributed by atoms with van der Waals surface area (Å²) in [7, 11) is 0. The number of aliphatic carboxylic acids is 1. The molecule has 7 heteroatoms. The molecule has 0 aromatic heterocycles. The molecule has 1 fully saturated rings. The fraction of sp³-hybridized carbons (Fsp3) is 0.296. The number of nitrogens with one attached hydrogen (secondary N) is 2. The van der Waals surface area contributed by atoms with Crippen LogP contribution in [0.1, 0.15) is 42.4 Å². The SMILES string of the molecule is CCC(=N)N1CC[C@H](Oc2ccc(C(Cc3ccc4ccc(C(=N)N)cc4c3)C(=O)O)cc2)C1. The van der Waals surface area contributed by atoms with Crippen LogP contribution in [0.4, 0.5) is 0 Å². The molecular weight excluding hydrogens is 428 g/mol. The van der Waals surface area contributed by atoms with E-state index in [4.69, 9.17) is 21.3 Å². The molecule has 34 heavy (non-hydrogen) atoms. The summed E-state index contributed by atoms with van der Waals surface area (Å²) in [5.74, 6) is -0.209. The molecule has 1 aliphatic heterocycles.